The summed E-state index contributed by atoms with van der Waals surface area (Å²) in [5.74, 6) is 1.71. The van der Waals surface area contributed by atoms with Crippen LogP contribution in [0.1, 0.15) is 28.3 Å². The molecule has 1 rings (SSSR count). The first-order valence-electron chi connectivity index (χ1n) is 5.60. The Morgan fingerprint density at radius 3 is 2.24 bits per heavy atom. The first-order valence-corrected chi connectivity index (χ1v) is 7.03. The molecule has 0 aliphatic rings. The van der Waals surface area contributed by atoms with Gasteiger partial charge in [0.2, 0.25) is 0 Å². The lowest BCUT2D eigenvalue weighted by Crippen LogP contribution is -2.20. The fraction of sp³-hybridized carbons (Fsp3) is 0.538. The minimum absolute atomic E-state index is 0.198. The number of ether oxygens (including phenoxy) is 1. The highest BCUT2D eigenvalue weighted by Crippen LogP contribution is 2.39. The van der Waals surface area contributed by atoms with Gasteiger partial charge in [0.25, 0.3) is 0 Å². The molecule has 1 aromatic carbocycles. The van der Waals surface area contributed by atoms with Gasteiger partial charge in [-0.05, 0) is 44.5 Å². The van der Waals surface area contributed by atoms with Crippen molar-refractivity contribution in [2.24, 2.45) is 0 Å². The average molecular weight is 318 g/mol. The Bertz CT molecular complexity index is 417. The Kier molecular flexibility index (Phi) is 5.35. The normalized spacial score (nSPS) is 12.6. The van der Waals surface area contributed by atoms with Gasteiger partial charge in [-0.15, -0.1) is 0 Å². The van der Waals surface area contributed by atoms with Crippen molar-refractivity contribution in [2.75, 3.05) is 19.9 Å². The summed E-state index contributed by atoms with van der Waals surface area (Å²) in [6, 6.07) is 0.198. The van der Waals surface area contributed by atoms with Gasteiger partial charge in [0, 0.05) is 21.8 Å². The van der Waals surface area contributed by atoms with E-state index in [4.69, 9.17) is 4.74 Å². The molecule has 0 saturated heterocycles. The van der Waals surface area contributed by atoms with Gasteiger partial charge in [0.1, 0.15) is 5.75 Å². The Balaban J connectivity index is 3.56. The molecule has 1 aromatic rings. The molecule has 2 nitrogen and oxygen atoms in total. The van der Waals surface area contributed by atoms with E-state index in [-0.39, 0.29) is 6.04 Å². The Hall–Kier alpha value is -0.190. The molecule has 0 saturated carbocycles. The van der Waals surface area contributed by atoms with E-state index < -0.39 is 0 Å². The molecule has 0 aliphatic heterocycles. The molecule has 0 radical (unpaired) electrons. The molecular weight excluding hydrogens is 298 g/mol. The van der Waals surface area contributed by atoms with Crippen molar-refractivity contribution >= 4 is 28.6 Å². The second-order valence-corrected chi connectivity index (χ2v) is 5.32. The highest BCUT2D eigenvalue weighted by molar-refractivity contribution is 9.10. The molecule has 0 amide bonds. The highest BCUT2D eigenvalue weighted by Gasteiger charge is 2.21. The number of methoxy groups -OCH3 is 1. The van der Waals surface area contributed by atoms with Gasteiger partial charge < -0.3 is 10.1 Å². The largest absolute Gasteiger partial charge is 0.496 e. The molecule has 4 heteroatoms. The highest BCUT2D eigenvalue weighted by atomic mass is 79.9. The SMILES string of the molecule is CNC(CS)c1c(C)c(Br)c(C)c(C)c1OC. The Morgan fingerprint density at radius 2 is 1.82 bits per heavy atom. The molecular formula is C13H20BrNOS. The third kappa shape index (κ3) is 2.64. The lowest BCUT2D eigenvalue weighted by molar-refractivity contribution is 0.400. The van der Waals surface area contributed by atoms with E-state index in [0.717, 1.165) is 16.0 Å². The van der Waals surface area contributed by atoms with Crippen molar-refractivity contribution in [1.82, 2.24) is 5.32 Å². The lowest BCUT2D eigenvalue weighted by Gasteiger charge is -2.24. The Labute approximate surface area is 118 Å². The summed E-state index contributed by atoms with van der Waals surface area (Å²) in [6.45, 7) is 6.31. The molecule has 1 unspecified atom stereocenters. The van der Waals surface area contributed by atoms with Crippen LogP contribution in [0.25, 0.3) is 0 Å². The molecule has 0 spiro atoms. The van der Waals surface area contributed by atoms with Crippen LogP contribution in [0, 0.1) is 20.8 Å². The summed E-state index contributed by atoms with van der Waals surface area (Å²) in [4.78, 5) is 0. The average Bonchev–Trinajstić information content (AvgIpc) is 2.34. The minimum Gasteiger partial charge on any atom is -0.496 e. The quantitative estimate of drug-likeness (QED) is 0.828. The van der Waals surface area contributed by atoms with Crippen molar-refractivity contribution < 1.29 is 4.74 Å². The molecule has 0 aliphatic carbocycles. The van der Waals surface area contributed by atoms with Crippen molar-refractivity contribution in [3.05, 3.63) is 26.7 Å². The van der Waals surface area contributed by atoms with Crippen LogP contribution >= 0.6 is 28.6 Å². The van der Waals surface area contributed by atoms with Crippen molar-refractivity contribution in [3.63, 3.8) is 0 Å². The second kappa shape index (κ2) is 6.12. The van der Waals surface area contributed by atoms with Gasteiger partial charge in [-0.3, -0.25) is 0 Å². The third-order valence-electron chi connectivity index (χ3n) is 3.29. The van der Waals surface area contributed by atoms with Crippen LogP contribution in [0.2, 0.25) is 0 Å². The van der Waals surface area contributed by atoms with Gasteiger partial charge in [0.05, 0.1) is 7.11 Å². The number of thiol groups is 1. The molecule has 0 aromatic heterocycles. The van der Waals surface area contributed by atoms with E-state index in [1.54, 1.807) is 7.11 Å². The molecule has 17 heavy (non-hydrogen) atoms. The van der Waals surface area contributed by atoms with Crippen molar-refractivity contribution in [1.29, 1.82) is 0 Å². The topological polar surface area (TPSA) is 21.3 Å². The van der Waals surface area contributed by atoms with Crippen LogP contribution in [0.15, 0.2) is 4.47 Å². The predicted molar refractivity (Wildman–Crippen MR) is 80.6 cm³/mol. The van der Waals surface area contributed by atoms with Crippen LogP contribution in [0.5, 0.6) is 5.75 Å². The van der Waals surface area contributed by atoms with E-state index in [0.29, 0.717) is 0 Å². The first-order chi connectivity index (χ1) is 7.99. The fourth-order valence-corrected chi connectivity index (χ4v) is 2.99. The maximum absolute atomic E-state index is 5.58. The lowest BCUT2D eigenvalue weighted by atomic mass is 9.94. The van der Waals surface area contributed by atoms with E-state index in [9.17, 15) is 0 Å². The van der Waals surface area contributed by atoms with E-state index in [1.165, 1.54) is 22.3 Å². The van der Waals surface area contributed by atoms with Crippen LogP contribution in [-0.4, -0.2) is 19.9 Å². The molecule has 0 bridgehead atoms. The molecule has 0 heterocycles. The number of nitrogens with one attached hydrogen (secondary N) is 1. The fourth-order valence-electron chi connectivity index (χ4n) is 2.12. The summed E-state index contributed by atoms with van der Waals surface area (Å²) in [5.41, 5.74) is 4.83. The predicted octanol–water partition coefficient (Wildman–Crippen LogP) is 3.57. The minimum atomic E-state index is 0.198. The van der Waals surface area contributed by atoms with E-state index in [1.807, 2.05) is 7.05 Å². The number of benzene rings is 1. The number of halogens is 1. The van der Waals surface area contributed by atoms with Crippen molar-refractivity contribution in [2.45, 2.75) is 26.8 Å². The maximum Gasteiger partial charge on any atom is 0.127 e. The third-order valence-corrected chi connectivity index (χ3v) is 4.85. The van der Waals surface area contributed by atoms with Gasteiger partial charge in [-0.25, -0.2) is 0 Å². The van der Waals surface area contributed by atoms with Gasteiger partial charge in [-0.1, -0.05) is 15.9 Å². The monoisotopic (exact) mass is 317 g/mol. The van der Waals surface area contributed by atoms with Crippen LogP contribution < -0.4 is 10.1 Å². The zero-order valence-electron chi connectivity index (χ0n) is 11.0. The summed E-state index contributed by atoms with van der Waals surface area (Å²) in [5, 5.41) is 3.28. The van der Waals surface area contributed by atoms with Gasteiger partial charge >= 0.3 is 0 Å². The molecule has 1 N–H and O–H groups in total. The summed E-state index contributed by atoms with van der Waals surface area (Å²) >= 11 is 8.06. The smallest absolute Gasteiger partial charge is 0.127 e. The maximum atomic E-state index is 5.58. The van der Waals surface area contributed by atoms with Crippen LogP contribution in [0.4, 0.5) is 0 Å². The summed E-state index contributed by atoms with van der Waals surface area (Å²) < 4.78 is 6.74. The molecule has 96 valence electrons. The number of hydrogen-bond donors (Lipinski definition) is 2. The second-order valence-electron chi connectivity index (χ2n) is 4.16. The van der Waals surface area contributed by atoms with Crippen LogP contribution in [0.3, 0.4) is 0 Å². The first kappa shape index (κ1) is 14.9. The zero-order chi connectivity index (χ0) is 13.2. The zero-order valence-corrected chi connectivity index (χ0v) is 13.5. The number of hydrogen-bond acceptors (Lipinski definition) is 3. The van der Waals surface area contributed by atoms with Gasteiger partial charge in [0.15, 0.2) is 0 Å². The van der Waals surface area contributed by atoms with Crippen LogP contribution in [-0.2, 0) is 0 Å². The molecule has 1 atom stereocenters. The van der Waals surface area contributed by atoms with E-state index >= 15 is 0 Å². The molecule has 0 fully saturated rings. The van der Waals surface area contributed by atoms with Crippen molar-refractivity contribution in [3.8, 4) is 5.75 Å². The van der Waals surface area contributed by atoms with Gasteiger partial charge in [-0.2, -0.15) is 12.6 Å². The Morgan fingerprint density at radius 1 is 1.24 bits per heavy atom. The summed E-state index contributed by atoms with van der Waals surface area (Å²) in [7, 11) is 3.67. The number of rotatable bonds is 4. The van der Waals surface area contributed by atoms with E-state index in [2.05, 4.69) is 54.6 Å². The summed E-state index contributed by atoms with van der Waals surface area (Å²) in [6.07, 6.45) is 0. The standard InChI is InChI=1S/C13H20BrNOS/c1-7-8(2)13(16-5)11(9(3)12(7)14)10(6-17)15-4/h10,15,17H,6H2,1-5H3.